The molecule has 0 fully saturated rings. The van der Waals surface area contributed by atoms with E-state index in [9.17, 15) is 0 Å². The second-order valence-corrected chi connectivity index (χ2v) is 5.82. The molecule has 0 amide bonds. The Morgan fingerprint density at radius 2 is 1.71 bits per heavy atom. The lowest BCUT2D eigenvalue weighted by molar-refractivity contribution is 0.689. The zero-order valence-electron chi connectivity index (χ0n) is 11.8. The van der Waals surface area contributed by atoms with E-state index in [0.717, 1.165) is 21.3 Å². The largest absolute Gasteiger partial charge is 0.383 e. The van der Waals surface area contributed by atoms with Crippen LogP contribution in [0.2, 0.25) is 0 Å². The van der Waals surface area contributed by atoms with E-state index in [2.05, 4.69) is 39.2 Å². The molecular weight excluding hydrogens is 326 g/mol. The molecule has 0 radical (unpaired) electrons. The predicted octanol–water partition coefficient (Wildman–Crippen LogP) is 4.25. The summed E-state index contributed by atoms with van der Waals surface area (Å²) >= 11 is 3.58. The van der Waals surface area contributed by atoms with Gasteiger partial charge in [-0.15, -0.1) is 0 Å². The Labute approximate surface area is 132 Å². The van der Waals surface area contributed by atoms with E-state index in [1.807, 2.05) is 48.0 Å². The number of benzene rings is 2. The summed E-state index contributed by atoms with van der Waals surface area (Å²) in [5, 5.41) is 4.59. The smallest absolute Gasteiger partial charge is 0.130 e. The third-order valence-electron chi connectivity index (χ3n) is 3.49. The normalized spacial score (nSPS) is 10.8. The molecular formula is C17H16BrN3. The Kier molecular flexibility index (Phi) is 3.80. The molecule has 2 N–H and O–H groups in total. The number of halogens is 1. The summed E-state index contributed by atoms with van der Waals surface area (Å²) in [7, 11) is 0. The summed E-state index contributed by atoms with van der Waals surface area (Å²) in [5.74, 6) is 0.697. The van der Waals surface area contributed by atoms with Crippen LogP contribution in [0.4, 0.5) is 5.82 Å². The maximum Gasteiger partial charge on any atom is 0.130 e. The number of hydrogen-bond donors (Lipinski definition) is 1. The molecule has 3 nitrogen and oxygen atoms in total. The number of hydrogen-bond acceptors (Lipinski definition) is 2. The number of nitrogens with zero attached hydrogens (tertiary/aromatic N) is 2. The van der Waals surface area contributed by atoms with Gasteiger partial charge in [-0.05, 0) is 18.6 Å². The van der Waals surface area contributed by atoms with Gasteiger partial charge in [0.15, 0.2) is 0 Å². The number of aromatic nitrogens is 2. The maximum atomic E-state index is 6.33. The fourth-order valence-corrected chi connectivity index (χ4v) is 2.96. The van der Waals surface area contributed by atoms with Crippen LogP contribution in [0, 0.1) is 6.92 Å². The highest BCUT2D eigenvalue weighted by molar-refractivity contribution is 9.10. The first kappa shape index (κ1) is 13.9. The van der Waals surface area contributed by atoms with Crippen molar-refractivity contribution in [2.75, 3.05) is 5.73 Å². The van der Waals surface area contributed by atoms with E-state index in [0.29, 0.717) is 12.4 Å². The molecule has 0 unspecified atom stereocenters. The second-order valence-electron chi connectivity index (χ2n) is 4.97. The molecule has 0 spiro atoms. The summed E-state index contributed by atoms with van der Waals surface area (Å²) in [4.78, 5) is 0. The predicted molar refractivity (Wildman–Crippen MR) is 90.1 cm³/mol. The fourth-order valence-electron chi connectivity index (χ4n) is 2.47. The molecule has 0 bridgehead atoms. The van der Waals surface area contributed by atoms with Gasteiger partial charge in [0.1, 0.15) is 5.82 Å². The van der Waals surface area contributed by atoms with Gasteiger partial charge in [0.25, 0.3) is 0 Å². The summed E-state index contributed by atoms with van der Waals surface area (Å²) in [6, 6.07) is 18.3. The first-order chi connectivity index (χ1) is 10.2. The second kappa shape index (κ2) is 5.74. The van der Waals surface area contributed by atoms with Crippen molar-refractivity contribution in [3.8, 4) is 11.1 Å². The van der Waals surface area contributed by atoms with Crippen molar-refractivity contribution in [1.82, 2.24) is 9.78 Å². The van der Waals surface area contributed by atoms with Gasteiger partial charge in [0, 0.05) is 15.6 Å². The van der Waals surface area contributed by atoms with Gasteiger partial charge in [-0.2, -0.15) is 5.10 Å². The van der Waals surface area contributed by atoms with E-state index in [-0.39, 0.29) is 0 Å². The Morgan fingerprint density at radius 1 is 1.05 bits per heavy atom. The van der Waals surface area contributed by atoms with Crippen LogP contribution in [-0.2, 0) is 6.54 Å². The van der Waals surface area contributed by atoms with Crippen molar-refractivity contribution in [1.29, 1.82) is 0 Å². The number of rotatable bonds is 3. The molecule has 0 saturated heterocycles. The van der Waals surface area contributed by atoms with Crippen molar-refractivity contribution in [3.63, 3.8) is 0 Å². The highest BCUT2D eigenvalue weighted by atomic mass is 79.9. The zero-order chi connectivity index (χ0) is 14.8. The van der Waals surface area contributed by atoms with Gasteiger partial charge in [-0.3, -0.25) is 0 Å². The van der Waals surface area contributed by atoms with E-state index in [4.69, 9.17) is 5.73 Å². The molecule has 2 aromatic carbocycles. The lowest BCUT2D eigenvalue weighted by atomic mass is 10.1. The van der Waals surface area contributed by atoms with E-state index in [1.165, 1.54) is 5.56 Å². The quantitative estimate of drug-likeness (QED) is 0.773. The van der Waals surface area contributed by atoms with Crippen molar-refractivity contribution in [2.45, 2.75) is 13.5 Å². The summed E-state index contributed by atoms with van der Waals surface area (Å²) in [6.07, 6.45) is 0. The third-order valence-corrected chi connectivity index (χ3v) is 4.18. The average molecular weight is 342 g/mol. The highest BCUT2D eigenvalue weighted by Crippen LogP contribution is 2.34. The minimum Gasteiger partial charge on any atom is -0.383 e. The van der Waals surface area contributed by atoms with Crippen molar-refractivity contribution >= 4 is 21.7 Å². The minimum absolute atomic E-state index is 0.679. The summed E-state index contributed by atoms with van der Waals surface area (Å²) in [6.45, 7) is 2.67. The van der Waals surface area contributed by atoms with Crippen LogP contribution in [0.5, 0.6) is 0 Å². The third kappa shape index (κ3) is 2.72. The van der Waals surface area contributed by atoms with Gasteiger partial charge in [0.2, 0.25) is 0 Å². The molecule has 3 aromatic rings. The van der Waals surface area contributed by atoms with E-state index in [1.54, 1.807) is 0 Å². The van der Waals surface area contributed by atoms with Crippen LogP contribution in [0.25, 0.3) is 11.1 Å². The molecule has 0 atom stereocenters. The van der Waals surface area contributed by atoms with Crippen molar-refractivity contribution < 1.29 is 0 Å². The van der Waals surface area contributed by atoms with Gasteiger partial charge in [-0.1, -0.05) is 64.5 Å². The van der Waals surface area contributed by atoms with Crippen LogP contribution in [0.3, 0.4) is 0 Å². The average Bonchev–Trinajstić information content (AvgIpc) is 2.76. The molecule has 1 heterocycles. The molecule has 1 aromatic heterocycles. The molecule has 0 saturated carbocycles. The topological polar surface area (TPSA) is 43.8 Å². The SMILES string of the molecule is Cc1nn(Cc2ccccc2)c(N)c1-c1ccccc1Br. The van der Waals surface area contributed by atoms with Crippen LogP contribution in [0.1, 0.15) is 11.3 Å². The molecule has 21 heavy (non-hydrogen) atoms. The lowest BCUT2D eigenvalue weighted by Crippen LogP contribution is -2.06. The number of aryl methyl sites for hydroxylation is 1. The number of nitrogen functional groups attached to an aromatic ring is 1. The monoisotopic (exact) mass is 341 g/mol. The van der Waals surface area contributed by atoms with Gasteiger partial charge < -0.3 is 5.73 Å². The van der Waals surface area contributed by atoms with E-state index < -0.39 is 0 Å². The minimum atomic E-state index is 0.679. The summed E-state index contributed by atoms with van der Waals surface area (Å²) < 4.78 is 2.89. The van der Waals surface area contributed by atoms with Gasteiger partial charge in [0.05, 0.1) is 12.2 Å². The molecule has 4 heteroatoms. The molecule has 0 aliphatic carbocycles. The Hall–Kier alpha value is -2.07. The standard InChI is InChI=1S/C17H16BrN3/c1-12-16(14-9-5-6-10-15(14)18)17(19)21(20-12)11-13-7-3-2-4-8-13/h2-10H,11,19H2,1H3. The Bertz CT molecular complexity index is 763. The van der Waals surface area contributed by atoms with Crippen LogP contribution in [-0.4, -0.2) is 9.78 Å². The van der Waals surface area contributed by atoms with Crippen molar-refractivity contribution in [3.05, 3.63) is 70.3 Å². The van der Waals surface area contributed by atoms with Crippen LogP contribution >= 0.6 is 15.9 Å². The van der Waals surface area contributed by atoms with Gasteiger partial charge in [-0.25, -0.2) is 4.68 Å². The fraction of sp³-hybridized carbons (Fsp3) is 0.118. The van der Waals surface area contributed by atoms with Crippen LogP contribution < -0.4 is 5.73 Å². The molecule has 3 rings (SSSR count). The number of nitrogens with two attached hydrogens (primary N) is 1. The first-order valence-electron chi connectivity index (χ1n) is 6.78. The van der Waals surface area contributed by atoms with E-state index >= 15 is 0 Å². The Balaban J connectivity index is 2.03. The van der Waals surface area contributed by atoms with Crippen molar-refractivity contribution in [2.24, 2.45) is 0 Å². The maximum absolute atomic E-state index is 6.33. The van der Waals surface area contributed by atoms with Gasteiger partial charge >= 0.3 is 0 Å². The number of anilines is 1. The lowest BCUT2D eigenvalue weighted by Gasteiger charge is -2.07. The zero-order valence-corrected chi connectivity index (χ0v) is 13.3. The molecule has 0 aliphatic rings. The molecule has 0 aliphatic heterocycles. The summed E-state index contributed by atoms with van der Waals surface area (Å²) in [5.41, 5.74) is 10.5. The first-order valence-corrected chi connectivity index (χ1v) is 7.58. The van der Waals surface area contributed by atoms with Crippen LogP contribution in [0.15, 0.2) is 59.1 Å². The molecule has 106 valence electrons. The highest BCUT2D eigenvalue weighted by Gasteiger charge is 2.16. The Morgan fingerprint density at radius 3 is 2.43 bits per heavy atom.